The third-order valence-electron chi connectivity index (χ3n) is 1.75. The van der Waals surface area contributed by atoms with Crippen molar-refractivity contribution in [3.63, 3.8) is 0 Å². The van der Waals surface area contributed by atoms with Crippen LogP contribution in [0.4, 0.5) is 0 Å². The molecule has 1 aromatic rings. The zero-order valence-corrected chi connectivity index (χ0v) is 8.10. The average molecular weight is 191 g/mol. The van der Waals surface area contributed by atoms with Crippen LogP contribution in [0.15, 0.2) is 30.6 Å². The maximum Gasteiger partial charge on any atom is 0.159 e. The topological polar surface area (TPSA) is 50.2 Å². The van der Waals surface area contributed by atoms with Crippen molar-refractivity contribution in [2.24, 2.45) is 0 Å². The summed E-state index contributed by atoms with van der Waals surface area (Å²) >= 11 is 0. The molecule has 0 fully saturated rings. The standard InChI is InChI=1S/C11H13NO2/c1-2-4-10(13)7-11(14)9-5-3-6-12-8-9/h3,5-8,14H,2,4H2,1H3/b11-7-. The highest BCUT2D eigenvalue weighted by molar-refractivity contribution is 5.95. The zero-order chi connectivity index (χ0) is 10.4. The van der Waals surface area contributed by atoms with E-state index >= 15 is 0 Å². The van der Waals surface area contributed by atoms with Crippen molar-refractivity contribution in [3.8, 4) is 0 Å². The number of ketones is 1. The van der Waals surface area contributed by atoms with E-state index in [1.807, 2.05) is 6.92 Å². The number of carbonyl (C=O) groups is 1. The first-order valence-electron chi connectivity index (χ1n) is 4.58. The Kier molecular flexibility index (Phi) is 3.85. The van der Waals surface area contributed by atoms with Crippen LogP contribution in [0, 0.1) is 0 Å². The van der Waals surface area contributed by atoms with Gasteiger partial charge in [0.1, 0.15) is 5.76 Å². The van der Waals surface area contributed by atoms with Gasteiger partial charge in [0.25, 0.3) is 0 Å². The quantitative estimate of drug-likeness (QED) is 0.587. The molecule has 0 spiro atoms. The summed E-state index contributed by atoms with van der Waals surface area (Å²) in [4.78, 5) is 15.0. The summed E-state index contributed by atoms with van der Waals surface area (Å²) in [7, 11) is 0. The highest BCUT2D eigenvalue weighted by atomic mass is 16.3. The van der Waals surface area contributed by atoms with Crippen molar-refractivity contribution in [1.29, 1.82) is 0 Å². The van der Waals surface area contributed by atoms with E-state index in [0.717, 1.165) is 6.42 Å². The van der Waals surface area contributed by atoms with Crippen LogP contribution >= 0.6 is 0 Å². The summed E-state index contributed by atoms with van der Waals surface area (Å²) < 4.78 is 0. The number of pyridine rings is 1. The van der Waals surface area contributed by atoms with Crippen LogP contribution in [0.25, 0.3) is 5.76 Å². The Morgan fingerprint density at radius 2 is 2.43 bits per heavy atom. The van der Waals surface area contributed by atoms with E-state index in [1.165, 1.54) is 12.3 Å². The minimum Gasteiger partial charge on any atom is -0.507 e. The maximum absolute atomic E-state index is 11.2. The van der Waals surface area contributed by atoms with Gasteiger partial charge in [-0.3, -0.25) is 9.78 Å². The van der Waals surface area contributed by atoms with E-state index < -0.39 is 0 Å². The monoisotopic (exact) mass is 191 g/mol. The fourth-order valence-electron chi connectivity index (χ4n) is 1.07. The van der Waals surface area contributed by atoms with E-state index in [0.29, 0.717) is 12.0 Å². The predicted octanol–water partition coefficient (Wildman–Crippen LogP) is 2.35. The zero-order valence-electron chi connectivity index (χ0n) is 8.10. The number of rotatable bonds is 4. The number of carbonyl (C=O) groups excluding carboxylic acids is 1. The molecule has 1 heterocycles. The van der Waals surface area contributed by atoms with Crippen LogP contribution in [0.5, 0.6) is 0 Å². The lowest BCUT2D eigenvalue weighted by molar-refractivity contribution is -0.114. The van der Waals surface area contributed by atoms with E-state index in [9.17, 15) is 9.90 Å². The van der Waals surface area contributed by atoms with Crippen LogP contribution in [-0.4, -0.2) is 15.9 Å². The Bertz CT molecular complexity index is 330. The predicted molar refractivity (Wildman–Crippen MR) is 54.8 cm³/mol. The average Bonchev–Trinajstić information content (AvgIpc) is 2.19. The van der Waals surface area contributed by atoms with Crippen LogP contribution < -0.4 is 0 Å². The SMILES string of the molecule is CCCC(=O)/C=C(\O)c1cccnc1. The first-order chi connectivity index (χ1) is 6.74. The van der Waals surface area contributed by atoms with Gasteiger partial charge in [0, 0.05) is 30.5 Å². The van der Waals surface area contributed by atoms with Crippen molar-refractivity contribution < 1.29 is 9.90 Å². The Morgan fingerprint density at radius 1 is 1.64 bits per heavy atom. The molecule has 0 aliphatic heterocycles. The van der Waals surface area contributed by atoms with Gasteiger partial charge in [0.15, 0.2) is 5.78 Å². The number of aromatic nitrogens is 1. The van der Waals surface area contributed by atoms with Gasteiger partial charge in [0.2, 0.25) is 0 Å². The molecule has 14 heavy (non-hydrogen) atoms. The molecule has 0 saturated carbocycles. The lowest BCUT2D eigenvalue weighted by atomic mass is 10.1. The minimum atomic E-state index is -0.0612. The van der Waals surface area contributed by atoms with Crippen molar-refractivity contribution in [1.82, 2.24) is 4.98 Å². The summed E-state index contributed by atoms with van der Waals surface area (Å²) in [6.07, 6.45) is 5.64. The number of allylic oxidation sites excluding steroid dienone is 1. The molecule has 0 saturated heterocycles. The maximum atomic E-state index is 11.2. The van der Waals surface area contributed by atoms with Crippen molar-refractivity contribution in [2.45, 2.75) is 19.8 Å². The van der Waals surface area contributed by atoms with Gasteiger partial charge in [-0.1, -0.05) is 6.92 Å². The van der Waals surface area contributed by atoms with Crippen LogP contribution in [0.1, 0.15) is 25.3 Å². The number of hydrogen-bond donors (Lipinski definition) is 1. The molecular formula is C11H13NO2. The molecule has 1 N–H and O–H groups in total. The van der Waals surface area contributed by atoms with E-state index in [2.05, 4.69) is 4.98 Å². The molecule has 3 heteroatoms. The van der Waals surface area contributed by atoms with Crippen molar-refractivity contribution in [3.05, 3.63) is 36.2 Å². The summed E-state index contributed by atoms with van der Waals surface area (Å²) in [6, 6.07) is 3.42. The number of aliphatic hydroxyl groups excluding tert-OH is 1. The fourth-order valence-corrected chi connectivity index (χ4v) is 1.07. The third kappa shape index (κ3) is 3.01. The number of aliphatic hydroxyl groups is 1. The van der Waals surface area contributed by atoms with Crippen LogP contribution in [-0.2, 0) is 4.79 Å². The van der Waals surface area contributed by atoms with Gasteiger partial charge in [-0.25, -0.2) is 0 Å². The molecule has 0 bridgehead atoms. The molecule has 0 atom stereocenters. The van der Waals surface area contributed by atoms with Gasteiger partial charge in [-0.2, -0.15) is 0 Å². The molecule has 0 aliphatic rings. The fraction of sp³-hybridized carbons (Fsp3) is 0.273. The normalized spacial score (nSPS) is 11.4. The lowest BCUT2D eigenvalue weighted by Crippen LogP contribution is -1.94. The van der Waals surface area contributed by atoms with Crippen LogP contribution in [0.3, 0.4) is 0 Å². The van der Waals surface area contributed by atoms with Gasteiger partial charge >= 0.3 is 0 Å². The molecular weight excluding hydrogens is 178 g/mol. The molecule has 0 aromatic carbocycles. The van der Waals surface area contributed by atoms with E-state index in [1.54, 1.807) is 18.3 Å². The van der Waals surface area contributed by atoms with Gasteiger partial charge in [-0.15, -0.1) is 0 Å². The minimum absolute atomic E-state index is 0.0171. The molecule has 0 amide bonds. The van der Waals surface area contributed by atoms with Gasteiger partial charge in [-0.05, 0) is 18.6 Å². The number of hydrogen-bond acceptors (Lipinski definition) is 3. The lowest BCUT2D eigenvalue weighted by Gasteiger charge is -1.98. The highest BCUT2D eigenvalue weighted by Crippen LogP contribution is 2.09. The molecule has 1 rings (SSSR count). The van der Waals surface area contributed by atoms with Gasteiger partial charge in [0.05, 0.1) is 0 Å². The molecule has 0 radical (unpaired) electrons. The van der Waals surface area contributed by atoms with Crippen molar-refractivity contribution >= 4 is 11.5 Å². The second-order valence-corrected chi connectivity index (χ2v) is 2.99. The van der Waals surface area contributed by atoms with Crippen molar-refractivity contribution in [2.75, 3.05) is 0 Å². The summed E-state index contributed by atoms with van der Waals surface area (Å²) in [5.41, 5.74) is 0.567. The summed E-state index contributed by atoms with van der Waals surface area (Å²) in [6.45, 7) is 1.92. The third-order valence-corrected chi connectivity index (χ3v) is 1.75. The van der Waals surface area contributed by atoms with Crippen LogP contribution in [0.2, 0.25) is 0 Å². The van der Waals surface area contributed by atoms with Gasteiger partial charge < -0.3 is 5.11 Å². The molecule has 1 aromatic heterocycles. The summed E-state index contributed by atoms with van der Waals surface area (Å²) in [5, 5.41) is 9.52. The highest BCUT2D eigenvalue weighted by Gasteiger charge is 2.01. The number of nitrogens with zero attached hydrogens (tertiary/aromatic N) is 1. The smallest absolute Gasteiger partial charge is 0.159 e. The Hall–Kier alpha value is -1.64. The molecule has 0 unspecified atom stereocenters. The Morgan fingerprint density at radius 3 is 3.00 bits per heavy atom. The second kappa shape index (κ2) is 5.17. The molecule has 3 nitrogen and oxygen atoms in total. The first kappa shape index (κ1) is 10.4. The Labute approximate surface area is 83.1 Å². The largest absolute Gasteiger partial charge is 0.507 e. The molecule has 0 aliphatic carbocycles. The second-order valence-electron chi connectivity index (χ2n) is 2.99. The van der Waals surface area contributed by atoms with E-state index in [-0.39, 0.29) is 11.5 Å². The summed E-state index contributed by atoms with van der Waals surface area (Å²) in [5.74, 6) is -0.0783. The first-order valence-corrected chi connectivity index (χ1v) is 4.58. The molecule has 74 valence electrons. The Balaban J connectivity index is 2.75. The van der Waals surface area contributed by atoms with E-state index in [4.69, 9.17) is 0 Å².